The van der Waals surface area contributed by atoms with Crippen molar-refractivity contribution in [1.29, 1.82) is 0 Å². The van der Waals surface area contributed by atoms with Crippen molar-refractivity contribution < 1.29 is 0 Å². The van der Waals surface area contributed by atoms with Gasteiger partial charge in [0.2, 0.25) is 0 Å². The van der Waals surface area contributed by atoms with E-state index in [0.717, 1.165) is 20.1 Å². The van der Waals surface area contributed by atoms with Gasteiger partial charge in [-0.3, -0.25) is 4.98 Å². The summed E-state index contributed by atoms with van der Waals surface area (Å²) in [4.78, 5) is 4.17. The van der Waals surface area contributed by atoms with E-state index in [1.54, 1.807) is 11.3 Å². The third-order valence-electron chi connectivity index (χ3n) is 1.86. The number of halogens is 1. The molecule has 0 radical (unpaired) electrons. The van der Waals surface area contributed by atoms with Gasteiger partial charge < -0.3 is 5.32 Å². The van der Waals surface area contributed by atoms with Crippen LogP contribution in [0.5, 0.6) is 0 Å². The third kappa shape index (κ3) is 1.83. The largest absolute Gasteiger partial charge is 0.381 e. The zero-order valence-electron chi connectivity index (χ0n) is 8.04. The average molecular weight is 227 g/mol. The first-order valence-corrected chi connectivity index (χ1v) is 5.66. The Bertz CT molecular complexity index is 450. The lowest BCUT2D eigenvalue weighted by Crippen LogP contribution is -2.09. The SMILES string of the molecule is CC(C)Nc1cncc2sc(Cl)cc12. The second-order valence-corrected chi connectivity index (χ2v) is 5.16. The fourth-order valence-electron chi connectivity index (χ4n) is 1.36. The van der Waals surface area contributed by atoms with Gasteiger partial charge in [-0.25, -0.2) is 0 Å². The molecule has 0 amide bonds. The zero-order chi connectivity index (χ0) is 10.1. The molecule has 2 nitrogen and oxygen atoms in total. The topological polar surface area (TPSA) is 24.9 Å². The van der Waals surface area contributed by atoms with E-state index in [1.807, 2.05) is 18.5 Å². The Morgan fingerprint density at radius 1 is 1.43 bits per heavy atom. The summed E-state index contributed by atoms with van der Waals surface area (Å²) in [6, 6.07) is 2.38. The van der Waals surface area contributed by atoms with Gasteiger partial charge in [0, 0.05) is 17.6 Å². The Labute approximate surface area is 91.9 Å². The van der Waals surface area contributed by atoms with E-state index in [9.17, 15) is 0 Å². The van der Waals surface area contributed by atoms with Crippen LogP contribution in [0, 0.1) is 0 Å². The van der Waals surface area contributed by atoms with Crippen LogP contribution in [-0.4, -0.2) is 11.0 Å². The Kier molecular flexibility index (Phi) is 2.61. The summed E-state index contributed by atoms with van der Waals surface area (Å²) in [5.41, 5.74) is 1.06. The van der Waals surface area contributed by atoms with Crippen LogP contribution in [0.25, 0.3) is 10.1 Å². The highest BCUT2D eigenvalue weighted by molar-refractivity contribution is 7.22. The van der Waals surface area contributed by atoms with Gasteiger partial charge in [0.25, 0.3) is 0 Å². The van der Waals surface area contributed by atoms with Gasteiger partial charge in [-0.05, 0) is 19.9 Å². The van der Waals surface area contributed by atoms with E-state index in [-0.39, 0.29) is 0 Å². The van der Waals surface area contributed by atoms with Crippen molar-refractivity contribution in [2.24, 2.45) is 0 Å². The number of rotatable bonds is 2. The number of nitrogens with one attached hydrogen (secondary N) is 1. The maximum Gasteiger partial charge on any atom is 0.0942 e. The van der Waals surface area contributed by atoms with E-state index in [0.29, 0.717) is 6.04 Å². The van der Waals surface area contributed by atoms with Crippen LogP contribution in [-0.2, 0) is 0 Å². The summed E-state index contributed by atoms with van der Waals surface area (Å²) in [6.07, 6.45) is 3.68. The molecule has 0 saturated heterocycles. The smallest absolute Gasteiger partial charge is 0.0942 e. The van der Waals surface area contributed by atoms with E-state index in [4.69, 9.17) is 11.6 Å². The summed E-state index contributed by atoms with van der Waals surface area (Å²) >= 11 is 7.51. The molecule has 0 aliphatic rings. The van der Waals surface area contributed by atoms with Crippen molar-refractivity contribution in [3.63, 3.8) is 0 Å². The molecule has 0 aromatic carbocycles. The van der Waals surface area contributed by atoms with Crippen LogP contribution in [0.3, 0.4) is 0 Å². The van der Waals surface area contributed by atoms with Gasteiger partial charge in [0.1, 0.15) is 0 Å². The number of fused-ring (bicyclic) bond motifs is 1. The van der Waals surface area contributed by atoms with Crippen LogP contribution in [0.2, 0.25) is 4.34 Å². The fourth-order valence-corrected chi connectivity index (χ4v) is 2.49. The molecule has 0 aliphatic heterocycles. The molecule has 0 fully saturated rings. The lowest BCUT2D eigenvalue weighted by molar-refractivity contribution is 0.900. The second kappa shape index (κ2) is 3.75. The zero-order valence-corrected chi connectivity index (χ0v) is 9.62. The molecule has 2 aromatic rings. The molecule has 1 N–H and O–H groups in total. The van der Waals surface area contributed by atoms with Crippen LogP contribution in [0.1, 0.15) is 13.8 Å². The van der Waals surface area contributed by atoms with Crippen molar-refractivity contribution in [3.8, 4) is 0 Å². The molecule has 2 aromatic heterocycles. The number of thiophene rings is 1. The van der Waals surface area contributed by atoms with Gasteiger partial charge in [0.15, 0.2) is 0 Å². The average Bonchev–Trinajstić information content (AvgIpc) is 2.45. The summed E-state index contributed by atoms with van der Waals surface area (Å²) in [6.45, 7) is 4.21. The molecule has 0 spiro atoms. The Morgan fingerprint density at radius 3 is 2.93 bits per heavy atom. The third-order valence-corrected chi connectivity index (χ3v) is 3.06. The molecule has 74 valence electrons. The minimum absolute atomic E-state index is 0.404. The van der Waals surface area contributed by atoms with Crippen molar-refractivity contribution >= 4 is 38.7 Å². The Morgan fingerprint density at radius 2 is 2.21 bits per heavy atom. The van der Waals surface area contributed by atoms with E-state index >= 15 is 0 Å². The highest BCUT2D eigenvalue weighted by Gasteiger charge is 2.05. The van der Waals surface area contributed by atoms with Crippen LogP contribution in [0.15, 0.2) is 18.5 Å². The summed E-state index contributed by atoms with van der Waals surface area (Å²) in [5, 5.41) is 4.50. The quantitative estimate of drug-likeness (QED) is 0.843. The normalized spacial score (nSPS) is 11.1. The maximum absolute atomic E-state index is 5.95. The molecule has 2 heterocycles. The molecule has 0 aliphatic carbocycles. The molecular weight excluding hydrogens is 216 g/mol. The van der Waals surface area contributed by atoms with Crippen LogP contribution >= 0.6 is 22.9 Å². The summed E-state index contributed by atoms with van der Waals surface area (Å²) in [5.74, 6) is 0. The molecule has 0 bridgehead atoms. The lowest BCUT2D eigenvalue weighted by atomic mass is 10.2. The van der Waals surface area contributed by atoms with Gasteiger partial charge in [-0.2, -0.15) is 0 Å². The number of aromatic nitrogens is 1. The molecule has 14 heavy (non-hydrogen) atoms. The molecule has 0 atom stereocenters. The Balaban J connectivity index is 2.53. The first kappa shape index (κ1) is 9.74. The molecule has 0 saturated carbocycles. The second-order valence-electron chi connectivity index (χ2n) is 3.45. The van der Waals surface area contributed by atoms with Gasteiger partial charge in [-0.15, -0.1) is 11.3 Å². The highest BCUT2D eigenvalue weighted by atomic mass is 35.5. The standard InChI is InChI=1S/C10H11ClN2S/c1-6(2)13-8-4-12-5-9-7(8)3-10(11)14-9/h3-6,13H,1-2H3. The maximum atomic E-state index is 5.95. The number of anilines is 1. The molecular formula is C10H11ClN2S. The molecule has 4 heteroatoms. The molecule has 0 unspecified atom stereocenters. The van der Waals surface area contributed by atoms with Crippen molar-refractivity contribution in [3.05, 3.63) is 22.8 Å². The monoisotopic (exact) mass is 226 g/mol. The highest BCUT2D eigenvalue weighted by Crippen LogP contribution is 2.33. The van der Waals surface area contributed by atoms with Crippen molar-refractivity contribution in [1.82, 2.24) is 4.98 Å². The number of hydrogen-bond acceptors (Lipinski definition) is 3. The van der Waals surface area contributed by atoms with E-state index < -0.39 is 0 Å². The minimum atomic E-state index is 0.404. The first-order valence-electron chi connectivity index (χ1n) is 4.46. The number of pyridine rings is 1. The fraction of sp³-hybridized carbons (Fsp3) is 0.300. The lowest BCUT2D eigenvalue weighted by Gasteiger charge is -2.09. The van der Waals surface area contributed by atoms with Crippen LogP contribution < -0.4 is 5.32 Å². The predicted octanol–water partition coefficient (Wildman–Crippen LogP) is 3.77. The number of nitrogens with zero attached hydrogens (tertiary/aromatic N) is 1. The van der Waals surface area contributed by atoms with Gasteiger partial charge >= 0.3 is 0 Å². The van der Waals surface area contributed by atoms with E-state index in [2.05, 4.69) is 24.1 Å². The first-order chi connectivity index (χ1) is 6.66. The summed E-state index contributed by atoms with van der Waals surface area (Å²) < 4.78 is 1.93. The van der Waals surface area contributed by atoms with Gasteiger partial charge in [0.05, 0.1) is 20.9 Å². The summed E-state index contributed by atoms with van der Waals surface area (Å²) in [7, 11) is 0. The minimum Gasteiger partial charge on any atom is -0.381 e. The van der Waals surface area contributed by atoms with Gasteiger partial charge in [-0.1, -0.05) is 11.6 Å². The van der Waals surface area contributed by atoms with E-state index in [1.165, 1.54) is 0 Å². The van der Waals surface area contributed by atoms with Crippen molar-refractivity contribution in [2.75, 3.05) is 5.32 Å². The Hall–Kier alpha value is -0.800. The van der Waals surface area contributed by atoms with Crippen molar-refractivity contribution in [2.45, 2.75) is 19.9 Å². The number of hydrogen-bond donors (Lipinski definition) is 1. The predicted molar refractivity (Wildman–Crippen MR) is 63.4 cm³/mol. The molecule has 2 rings (SSSR count). The van der Waals surface area contributed by atoms with Crippen LogP contribution in [0.4, 0.5) is 5.69 Å².